The average Bonchev–Trinajstić information content (AvgIpc) is 2.74. The summed E-state index contributed by atoms with van der Waals surface area (Å²) in [6.45, 7) is 2.27. The Labute approximate surface area is 178 Å². The molecule has 0 fully saturated rings. The van der Waals surface area contributed by atoms with Gasteiger partial charge < -0.3 is 4.57 Å². The van der Waals surface area contributed by atoms with Crippen molar-refractivity contribution in [2.24, 2.45) is 7.05 Å². The van der Waals surface area contributed by atoms with Gasteiger partial charge in [-0.25, -0.2) is 0 Å². The molecule has 0 atom stereocenters. The number of benzene rings is 1. The lowest BCUT2D eigenvalue weighted by Gasteiger charge is -2.12. The predicted octanol–water partition coefficient (Wildman–Crippen LogP) is 7.73. The molecule has 0 unspecified atom stereocenters. The third kappa shape index (κ3) is 8.60. The van der Waals surface area contributed by atoms with E-state index in [0.29, 0.717) is 0 Å². The van der Waals surface area contributed by atoms with Crippen LogP contribution in [0, 0.1) is 0 Å². The van der Waals surface area contributed by atoms with Crippen molar-refractivity contribution in [1.29, 1.82) is 0 Å². The van der Waals surface area contributed by atoms with E-state index >= 15 is 0 Å². The van der Waals surface area contributed by atoms with Crippen molar-refractivity contribution in [3.8, 4) is 0 Å². The van der Waals surface area contributed by atoms with Crippen LogP contribution in [0.4, 0.5) is 0 Å². The average molecular weight is 396 g/mol. The molecule has 0 saturated carbocycles. The molecule has 1 aromatic carbocycles. The van der Waals surface area contributed by atoms with Crippen LogP contribution in [0.25, 0.3) is 10.9 Å². The van der Waals surface area contributed by atoms with Crippen LogP contribution in [0.1, 0.15) is 96.1 Å². The van der Waals surface area contributed by atoms with Crippen LogP contribution in [0.15, 0.2) is 47.3 Å². The summed E-state index contributed by atoms with van der Waals surface area (Å²) >= 11 is 0. The minimum Gasteiger partial charge on any atom is -0.347 e. The van der Waals surface area contributed by atoms with Crippen molar-refractivity contribution in [2.75, 3.05) is 0 Å². The Bertz CT molecular complexity index is 787. The Hall–Kier alpha value is -1.83. The number of hydrogen-bond donors (Lipinski definition) is 0. The highest BCUT2D eigenvalue weighted by molar-refractivity contribution is 5.79. The zero-order chi connectivity index (χ0) is 20.7. The Morgan fingerprint density at radius 3 is 2.07 bits per heavy atom. The molecule has 1 aromatic heterocycles. The van der Waals surface area contributed by atoms with E-state index in [2.05, 4.69) is 30.7 Å². The molecule has 0 amide bonds. The molecule has 160 valence electrons. The van der Waals surface area contributed by atoms with E-state index in [1.54, 1.807) is 0 Å². The van der Waals surface area contributed by atoms with Crippen molar-refractivity contribution >= 4 is 10.9 Å². The summed E-state index contributed by atoms with van der Waals surface area (Å²) in [5, 5.41) is 0.822. The van der Waals surface area contributed by atoms with E-state index < -0.39 is 0 Å². The van der Waals surface area contributed by atoms with E-state index in [4.69, 9.17) is 0 Å². The number of aryl methyl sites for hydroxylation is 2. The third-order valence-corrected chi connectivity index (χ3v) is 5.95. The molecule has 0 N–H and O–H groups in total. The molecule has 29 heavy (non-hydrogen) atoms. The zero-order valence-corrected chi connectivity index (χ0v) is 18.8. The first-order chi connectivity index (χ1) is 14.2. The summed E-state index contributed by atoms with van der Waals surface area (Å²) in [6, 6.07) is 9.74. The number of para-hydroxylation sites is 1. The maximum absolute atomic E-state index is 12.3. The SMILES string of the molecule is CCCCCCCC/C=C\CCCCCCCc1cc(=O)c2ccccc2n1C. The van der Waals surface area contributed by atoms with Gasteiger partial charge in [0.15, 0.2) is 5.43 Å². The minimum absolute atomic E-state index is 0.154. The molecule has 0 aliphatic rings. The number of aromatic nitrogens is 1. The Morgan fingerprint density at radius 1 is 0.793 bits per heavy atom. The van der Waals surface area contributed by atoms with Gasteiger partial charge in [0, 0.05) is 24.2 Å². The van der Waals surface area contributed by atoms with Gasteiger partial charge in [-0.2, -0.15) is 0 Å². The third-order valence-electron chi connectivity index (χ3n) is 5.95. The monoisotopic (exact) mass is 395 g/mol. The lowest BCUT2D eigenvalue weighted by molar-refractivity contribution is 0.605. The largest absolute Gasteiger partial charge is 0.347 e. The first kappa shape index (κ1) is 23.4. The number of unbranched alkanes of at least 4 members (excludes halogenated alkanes) is 11. The van der Waals surface area contributed by atoms with Gasteiger partial charge in [0.05, 0.1) is 5.52 Å². The number of allylic oxidation sites excluding steroid dienone is 2. The summed E-state index contributed by atoms with van der Waals surface area (Å²) in [5.41, 5.74) is 2.36. The quantitative estimate of drug-likeness (QED) is 0.223. The summed E-state index contributed by atoms with van der Waals surface area (Å²) < 4.78 is 2.19. The van der Waals surface area contributed by atoms with E-state index in [-0.39, 0.29) is 5.43 Å². The molecule has 2 rings (SSSR count). The molecule has 0 aliphatic heterocycles. The fourth-order valence-corrected chi connectivity index (χ4v) is 4.07. The lowest BCUT2D eigenvalue weighted by atomic mass is 10.1. The maximum atomic E-state index is 12.3. The van der Waals surface area contributed by atoms with Crippen LogP contribution in [0.3, 0.4) is 0 Å². The van der Waals surface area contributed by atoms with Gasteiger partial charge in [-0.3, -0.25) is 4.79 Å². The van der Waals surface area contributed by atoms with Crippen LogP contribution in [-0.2, 0) is 13.5 Å². The first-order valence-corrected chi connectivity index (χ1v) is 12.0. The summed E-state index contributed by atoms with van der Waals surface area (Å²) in [4.78, 5) is 12.3. The molecule has 2 heteroatoms. The van der Waals surface area contributed by atoms with Gasteiger partial charge in [-0.15, -0.1) is 0 Å². The number of pyridine rings is 1. The second-order valence-electron chi connectivity index (χ2n) is 8.41. The second kappa shape index (κ2) is 14.2. The van der Waals surface area contributed by atoms with E-state index in [1.807, 2.05) is 30.3 Å². The van der Waals surface area contributed by atoms with Crippen molar-refractivity contribution in [2.45, 2.75) is 96.8 Å². The molecular formula is C27H41NO. The number of nitrogens with zero attached hydrogens (tertiary/aromatic N) is 1. The van der Waals surface area contributed by atoms with E-state index in [1.165, 1.54) is 83.5 Å². The Kier molecular flexibility index (Phi) is 11.5. The van der Waals surface area contributed by atoms with Crippen LogP contribution in [0.5, 0.6) is 0 Å². The summed E-state index contributed by atoms with van der Waals surface area (Å²) in [5.74, 6) is 0. The van der Waals surface area contributed by atoms with Gasteiger partial charge in [-0.1, -0.05) is 82.6 Å². The van der Waals surface area contributed by atoms with Gasteiger partial charge >= 0.3 is 0 Å². The second-order valence-corrected chi connectivity index (χ2v) is 8.41. The van der Waals surface area contributed by atoms with Crippen molar-refractivity contribution < 1.29 is 0 Å². The van der Waals surface area contributed by atoms with Crippen LogP contribution < -0.4 is 5.43 Å². The number of rotatable bonds is 15. The predicted molar refractivity (Wildman–Crippen MR) is 128 cm³/mol. The van der Waals surface area contributed by atoms with Crippen LogP contribution in [0.2, 0.25) is 0 Å². The fourth-order valence-electron chi connectivity index (χ4n) is 4.07. The van der Waals surface area contributed by atoms with E-state index in [9.17, 15) is 4.79 Å². The molecule has 0 bridgehead atoms. The molecule has 1 heterocycles. The normalized spacial score (nSPS) is 11.7. The molecular weight excluding hydrogens is 354 g/mol. The molecule has 2 aromatic rings. The topological polar surface area (TPSA) is 22.0 Å². The Morgan fingerprint density at radius 2 is 1.38 bits per heavy atom. The molecule has 0 spiro atoms. The van der Waals surface area contributed by atoms with Gasteiger partial charge in [-0.05, 0) is 50.7 Å². The van der Waals surface area contributed by atoms with Crippen LogP contribution >= 0.6 is 0 Å². The summed E-state index contributed by atoms with van der Waals surface area (Å²) in [7, 11) is 2.08. The molecule has 2 nitrogen and oxygen atoms in total. The van der Waals surface area contributed by atoms with Crippen molar-refractivity contribution in [3.05, 3.63) is 58.4 Å². The van der Waals surface area contributed by atoms with E-state index in [0.717, 1.165) is 23.0 Å². The smallest absolute Gasteiger partial charge is 0.189 e. The van der Waals surface area contributed by atoms with Gasteiger partial charge in [0.1, 0.15) is 0 Å². The van der Waals surface area contributed by atoms with Gasteiger partial charge in [0.2, 0.25) is 0 Å². The number of hydrogen-bond acceptors (Lipinski definition) is 1. The molecule has 0 saturated heterocycles. The fraction of sp³-hybridized carbons (Fsp3) is 0.593. The molecule has 0 aliphatic carbocycles. The summed E-state index contributed by atoms with van der Waals surface area (Å²) in [6.07, 6.45) is 22.9. The minimum atomic E-state index is 0.154. The van der Waals surface area contributed by atoms with Gasteiger partial charge in [0.25, 0.3) is 0 Å². The van der Waals surface area contributed by atoms with Crippen molar-refractivity contribution in [3.63, 3.8) is 0 Å². The Balaban J connectivity index is 1.52. The van der Waals surface area contributed by atoms with Crippen molar-refractivity contribution in [1.82, 2.24) is 4.57 Å². The lowest BCUT2D eigenvalue weighted by Crippen LogP contribution is -2.11. The maximum Gasteiger partial charge on any atom is 0.189 e. The first-order valence-electron chi connectivity index (χ1n) is 12.0. The van der Waals surface area contributed by atoms with Crippen LogP contribution in [-0.4, -0.2) is 4.57 Å². The highest BCUT2D eigenvalue weighted by atomic mass is 16.1. The zero-order valence-electron chi connectivity index (χ0n) is 18.8. The highest BCUT2D eigenvalue weighted by Gasteiger charge is 2.05. The molecule has 0 radical (unpaired) electrons. The standard InChI is InChI=1S/C27H41NO/c1-3-4-5-6-7-8-9-10-11-12-13-14-15-16-17-20-24-23-27(29)25-21-18-19-22-26(25)28(24)2/h10-11,18-19,21-23H,3-9,12-17,20H2,1-2H3/b11-10-. The number of fused-ring (bicyclic) bond motifs is 1. The highest BCUT2D eigenvalue weighted by Crippen LogP contribution is 2.14.